The van der Waals surface area contributed by atoms with Crippen molar-refractivity contribution in [1.82, 2.24) is 38.8 Å². The third kappa shape index (κ3) is 15.8. The van der Waals surface area contributed by atoms with Crippen molar-refractivity contribution in [3.05, 3.63) is 125 Å². The molecule has 5 N–H and O–H groups in total. The molecule has 2 saturated carbocycles. The number of hydrogen-bond acceptors (Lipinski definition) is 9. The molecule has 512 valence electrons. The van der Waals surface area contributed by atoms with Crippen molar-refractivity contribution in [3.8, 4) is 5.75 Å². The summed E-state index contributed by atoms with van der Waals surface area (Å²) in [5.74, 6) is 2.62. The van der Waals surface area contributed by atoms with Crippen LogP contribution in [0.15, 0.2) is 97.6 Å². The predicted octanol–water partition coefficient (Wildman–Crippen LogP) is 14.9. The van der Waals surface area contributed by atoms with E-state index in [1.54, 1.807) is 37.3 Å². The Morgan fingerprint density at radius 1 is 0.558 bits per heavy atom. The molecule has 9 heterocycles. The summed E-state index contributed by atoms with van der Waals surface area (Å²) in [7, 11) is -6.43. The molecule has 95 heavy (non-hydrogen) atoms. The summed E-state index contributed by atoms with van der Waals surface area (Å²) in [5.41, 5.74) is 11.2. The standard InChI is InChI=1S/C20H26N2O.C19H26N2O2S.C17H20ClN3O.C16H20F3N3O3S/c1-14(23)22-10-7-16(8-11-22)19-12-17(15-4-2-3-5-15)13-20-18(19)6-9-21-20;1-24(22,23)21-10-7-15(8-11-21)18-12-16(14-4-2-3-5-14)13-19-17(18)6-9-20-19;18-12-10-14-13(3-7-19-14)15(11-12)21-8-5-17(6-9-21)4-1-2-16(22)20-17;1-15(2)10-21(6-7-22(15)26(3,23)24)14-9-11(25-16(17,18)19)8-13-12(14)4-5-20-13/h6,9,12-13,15-16,21H,2-5,7-8,10-11H2,1H3;6,9,12-15,20H,2-5,7-8,10-11H2,1H3;3,7,10-11,19H,1-2,4-6,8-9H2,(H,20,22);4-5,8-9,20H,6-7,10H2,1-3H3. The SMILES string of the molecule is CC(=O)N1CCC(c2cc(C3CCCC3)cc3[nH]ccc23)CC1.CC1(C)CN(c2cc(OC(F)(F)F)cc3[nH]ccc23)CCN1S(C)(=O)=O.CS(=O)(=O)N1CCC(c2cc(C3CCCC3)cc3[nH]ccc23)CC1.O=C1CCCC2(CCN(c3cc(Cl)cc4[nH]ccc34)CC2)N1. The maximum absolute atomic E-state index is 12.6. The molecule has 17 nitrogen and oxygen atoms in total. The maximum Gasteiger partial charge on any atom is 0.573 e. The van der Waals surface area contributed by atoms with Gasteiger partial charge in [0.05, 0.1) is 18.0 Å². The summed E-state index contributed by atoms with van der Waals surface area (Å²) in [4.78, 5) is 42.5. The number of nitrogens with one attached hydrogen (secondary N) is 5. The highest BCUT2D eigenvalue weighted by Gasteiger charge is 2.41. The lowest BCUT2D eigenvalue weighted by Gasteiger charge is -2.46. The van der Waals surface area contributed by atoms with Crippen molar-refractivity contribution in [2.45, 2.75) is 171 Å². The third-order valence-electron chi connectivity index (χ3n) is 21.4. The van der Waals surface area contributed by atoms with Gasteiger partial charge in [-0.15, -0.1) is 13.2 Å². The Labute approximate surface area is 561 Å². The number of piperidine rings is 4. The number of amides is 2. The number of carbonyl (C=O) groups excluding carboxylic acids is 2. The predicted molar refractivity (Wildman–Crippen MR) is 374 cm³/mol. The number of halogens is 4. The largest absolute Gasteiger partial charge is 0.573 e. The number of hydrogen-bond donors (Lipinski definition) is 5. The minimum atomic E-state index is -4.79. The van der Waals surface area contributed by atoms with E-state index in [0.29, 0.717) is 61.6 Å². The van der Waals surface area contributed by atoms with E-state index in [0.717, 1.165) is 106 Å². The van der Waals surface area contributed by atoms with Crippen LogP contribution in [0.4, 0.5) is 24.5 Å². The highest BCUT2D eigenvalue weighted by atomic mass is 35.5. The van der Waals surface area contributed by atoms with Crippen molar-refractivity contribution in [2.75, 3.05) is 81.2 Å². The topological polar surface area (TPSA) is 203 Å². The summed E-state index contributed by atoms with van der Waals surface area (Å²) in [6.45, 7) is 11.2. The second kappa shape index (κ2) is 28.0. The summed E-state index contributed by atoms with van der Waals surface area (Å²) in [6, 6.07) is 24.5. The zero-order valence-corrected chi connectivity index (χ0v) is 57.7. The summed E-state index contributed by atoms with van der Waals surface area (Å²) >= 11 is 6.26. The van der Waals surface area contributed by atoms with Gasteiger partial charge in [-0.05, 0) is 185 Å². The number of H-pyrrole nitrogens is 4. The van der Waals surface area contributed by atoms with E-state index in [-0.39, 0.29) is 29.6 Å². The minimum Gasteiger partial charge on any atom is -0.406 e. The normalized spacial score (nSPS) is 20.6. The van der Waals surface area contributed by atoms with Gasteiger partial charge in [-0.3, -0.25) is 9.59 Å². The zero-order chi connectivity index (χ0) is 67.0. The Morgan fingerprint density at radius 3 is 1.52 bits per heavy atom. The van der Waals surface area contributed by atoms with Gasteiger partial charge in [-0.25, -0.2) is 21.1 Å². The summed E-state index contributed by atoms with van der Waals surface area (Å²) < 4.78 is 92.5. The van der Waals surface area contributed by atoms with Gasteiger partial charge in [-0.1, -0.05) is 49.4 Å². The first-order chi connectivity index (χ1) is 45.3. The zero-order valence-electron chi connectivity index (χ0n) is 55.4. The first-order valence-electron chi connectivity index (χ1n) is 34.1. The Hall–Kier alpha value is -6.72. The molecule has 8 aromatic rings. The number of benzene rings is 4. The second-order valence-electron chi connectivity index (χ2n) is 28.3. The van der Waals surface area contributed by atoms with Crippen molar-refractivity contribution in [1.29, 1.82) is 0 Å². The molecule has 0 bridgehead atoms. The van der Waals surface area contributed by atoms with Crippen LogP contribution >= 0.6 is 11.6 Å². The van der Waals surface area contributed by atoms with Crippen molar-refractivity contribution in [2.24, 2.45) is 0 Å². The number of alkyl halides is 3. The molecule has 0 atom stereocenters. The average molecular weight is 1370 g/mol. The lowest BCUT2D eigenvalue weighted by Crippen LogP contribution is -2.60. The smallest absolute Gasteiger partial charge is 0.406 e. The van der Waals surface area contributed by atoms with Crippen LogP contribution in [0.1, 0.15) is 176 Å². The van der Waals surface area contributed by atoms with Gasteiger partial charge < -0.3 is 44.7 Å². The van der Waals surface area contributed by atoms with Crippen LogP contribution in [0.25, 0.3) is 43.6 Å². The molecule has 5 aliphatic heterocycles. The molecule has 0 radical (unpaired) electrons. The maximum atomic E-state index is 12.6. The van der Waals surface area contributed by atoms with E-state index in [2.05, 4.69) is 89.6 Å². The van der Waals surface area contributed by atoms with Crippen LogP contribution in [0.2, 0.25) is 5.02 Å². The molecule has 0 unspecified atom stereocenters. The molecule has 4 aromatic heterocycles. The van der Waals surface area contributed by atoms with E-state index < -0.39 is 31.9 Å². The Morgan fingerprint density at radius 2 is 1.04 bits per heavy atom. The molecule has 15 rings (SSSR count). The van der Waals surface area contributed by atoms with E-state index >= 15 is 0 Å². The minimum absolute atomic E-state index is 0.0294. The van der Waals surface area contributed by atoms with E-state index in [4.69, 9.17) is 11.6 Å². The lowest BCUT2D eigenvalue weighted by molar-refractivity contribution is -0.274. The molecule has 5 saturated heterocycles. The fourth-order valence-corrected chi connectivity index (χ4v) is 19.0. The van der Waals surface area contributed by atoms with Crippen LogP contribution in [0.3, 0.4) is 0 Å². The van der Waals surface area contributed by atoms with Crippen LogP contribution in [0.5, 0.6) is 5.75 Å². The number of aromatic amines is 4. The molecule has 2 aliphatic carbocycles. The van der Waals surface area contributed by atoms with Gasteiger partial charge >= 0.3 is 6.36 Å². The fourth-order valence-electron chi connectivity index (χ4n) is 16.6. The highest BCUT2D eigenvalue weighted by Crippen LogP contribution is 2.44. The van der Waals surface area contributed by atoms with Crippen LogP contribution in [-0.4, -0.2) is 151 Å². The van der Waals surface area contributed by atoms with Crippen LogP contribution in [0, 0.1) is 0 Å². The van der Waals surface area contributed by atoms with E-state index in [1.807, 2.05) is 28.3 Å². The van der Waals surface area contributed by atoms with E-state index in [9.17, 15) is 39.6 Å². The molecular formula is C72H92ClF3N10O7S2. The Balaban J connectivity index is 0.000000121. The highest BCUT2D eigenvalue weighted by molar-refractivity contribution is 7.88. The van der Waals surface area contributed by atoms with Gasteiger partial charge in [0.1, 0.15) is 5.75 Å². The Kier molecular flexibility index (Phi) is 20.1. The third-order valence-corrected chi connectivity index (χ3v) is 24.4. The summed E-state index contributed by atoms with van der Waals surface area (Å²) in [6.07, 6.45) is 25.0. The van der Waals surface area contributed by atoms with Crippen LogP contribution < -0.4 is 19.9 Å². The number of nitrogens with zero attached hydrogens (tertiary/aromatic N) is 5. The molecule has 2 amide bonds. The number of carbonyl (C=O) groups is 2. The first kappa shape index (κ1) is 68.2. The molecule has 23 heteroatoms. The summed E-state index contributed by atoms with van der Waals surface area (Å²) in [5, 5.41) is 8.68. The number of anilines is 2. The lowest BCUT2D eigenvalue weighted by atomic mass is 9.80. The first-order valence-corrected chi connectivity index (χ1v) is 38.2. The number of aromatic nitrogens is 4. The molecule has 4 aromatic carbocycles. The van der Waals surface area contributed by atoms with Crippen molar-refractivity contribution in [3.63, 3.8) is 0 Å². The van der Waals surface area contributed by atoms with E-state index in [1.165, 1.54) is 129 Å². The molecule has 7 aliphatic rings. The van der Waals surface area contributed by atoms with Crippen molar-refractivity contribution >= 4 is 98.4 Å². The second-order valence-corrected chi connectivity index (χ2v) is 32.6. The molecular weight excluding hydrogens is 1270 g/mol. The number of piperazine rings is 1. The average Bonchev–Trinajstić information content (AvgIpc) is 1.80. The monoisotopic (exact) mass is 1360 g/mol. The van der Waals surface area contributed by atoms with Gasteiger partial charge in [0.15, 0.2) is 0 Å². The van der Waals surface area contributed by atoms with Gasteiger partial charge in [0.2, 0.25) is 31.9 Å². The van der Waals surface area contributed by atoms with Gasteiger partial charge in [-0.2, -0.15) is 4.31 Å². The molecule has 1 spiro atoms. The number of fused-ring (bicyclic) bond motifs is 4. The van der Waals surface area contributed by atoms with Gasteiger partial charge in [0, 0.05) is 175 Å². The number of ether oxygens (including phenoxy) is 1. The Bertz CT molecular complexity index is 4260. The van der Waals surface area contributed by atoms with Gasteiger partial charge in [0.25, 0.3) is 0 Å². The number of sulfonamides is 2. The quantitative estimate of drug-likeness (QED) is 0.0932. The van der Waals surface area contributed by atoms with Crippen molar-refractivity contribution < 1.29 is 44.3 Å². The fraction of sp³-hybridized carbons (Fsp3) is 0.528. The molecule has 7 fully saturated rings. The van der Waals surface area contributed by atoms with Crippen LogP contribution in [-0.2, 0) is 29.6 Å². The number of likely N-dealkylation sites (tertiary alicyclic amines) is 1. The number of rotatable bonds is 9.